The molecule has 0 heterocycles. The maximum Gasteiger partial charge on any atom is 0.416 e. The van der Waals surface area contributed by atoms with Gasteiger partial charge in [0.2, 0.25) is 0 Å². The summed E-state index contributed by atoms with van der Waals surface area (Å²) in [5.74, 6) is 0.822. The van der Waals surface area contributed by atoms with Crippen LogP contribution in [-0.4, -0.2) is 25.8 Å². The van der Waals surface area contributed by atoms with E-state index in [4.69, 9.17) is 4.74 Å². The predicted molar refractivity (Wildman–Crippen MR) is 219 cm³/mol. The average Bonchev–Trinajstić information content (AvgIpc) is 3.23. The van der Waals surface area contributed by atoms with E-state index in [1.807, 2.05) is 36.4 Å². The highest BCUT2D eigenvalue weighted by atomic mass is 32.2. The molecule has 0 fully saturated rings. The summed E-state index contributed by atoms with van der Waals surface area (Å²) in [6.45, 7) is 0. The van der Waals surface area contributed by atoms with E-state index in [9.17, 15) is 110 Å². The van der Waals surface area contributed by atoms with Gasteiger partial charge in [-0.25, -0.2) is 0 Å². The van der Waals surface area contributed by atoms with E-state index in [-0.39, 0.29) is 0 Å². The zero-order chi connectivity index (χ0) is 55.7. The summed E-state index contributed by atoms with van der Waals surface area (Å²) < 4.78 is 358. The molecule has 0 bridgehead atoms. The first-order valence-corrected chi connectivity index (χ1v) is 22.0. The van der Waals surface area contributed by atoms with Crippen LogP contribution < -0.4 is 26.6 Å². The fraction of sp³-hybridized carbons (Fsp3) is 0.244. The fourth-order valence-corrected chi connectivity index (χ4v) is 9.02. The van der Waals surface area contributed by atoms with E-state index in [0.717, 1.165) is 21.4 Å². The Kier molecular flexibility index (Phi) is 15.0. The van der Waals surface area contributed by atoms with E-state index >= 15 is 0 Å². The molecule has 0 atom stereocenters. The largest absolute Gasteiger partial charge is 0.496 e. The number of hydrogen-bond donors (Lipinski definition) is 0. The lowest BCUT2D eigenvalue weighted by Crippen LogP contribution is -2.75. The Morgan fingerprint density at radius 1 is 0.342 bits per heavy atom. The molecule has 0 N–H and O–H groups in total. The molecule has 6 aromatic carbocycles. The molecule has 6 rings (SSSR count). The highest BCUT2D eigenvalue weighted by molar-refractivity contribution is 8.01. The van der Waals surface area contributed by atoms with Crippen LogP contribution in [0.5, 0.6) is 5.75 Å². The van der Waals surface area contributed by atoms with Crippen molar-refractivity contribution >= 4 is 48.7 Å². The van der Waals surface area contributed by atoms with Crippen LogP contribution >= 0.6 is 0 Å². The lowest BCUT2D eigenvalue weighted by Gasteiger charge is -2.46. The van der Waals surface area contributed by atoms with Gasteiger partial charge in [-0.2, -0.15) is 127 Å². The Morgan fingerprint density at radius 3 is 0.753 bits per heavy atom. The van der Waals surface area contributed by atoms with Gasteiger partial charge in [-0.1, -0.05) is 66.7 Å². The molecular weight excluding hydrogens is 1070 g/mol. The molecule has 0 unspecified atom stereocenters. The van der Waals surface area contributed by atoms with Crippen LogP contribution in [0.1, 0.15) is 44.5 Å². The average molecular weight is 1100 g/mol. The summed E-state index contributed by atoms with van der Waals surface area (Å²) in [5, 5.41) is 2.02. The summed E-state index contributed by atoms with van der Waals surface area (Å²) in [6, 6.07) is 2.85. The van der Waals surface area contributed by atoms with E-state index in [1.54, 1.807) is 19.6 Å². The Balaban J connectivity index is 0.000000520. The van der Waals surface area contributed by atoms with Crippen molar-refractivity contribution in [2.45, 2.75) is 54.3 Å². The smallest absolute Gasteiger partial charge is 0.416 e. The maximum absolute atomic E-state index is 14.2. The Morgan fingerprint density at radius 2 is 0.562 bits per heavy atom. The summed E-state index contributed by atoms with van der Waals surface area (Å²) >= 11 is 0. The minimum atomic E-state index is -6.13. The maximum atomic E-state index is 14.2. The normalized spacial score (nSPS) is 13.7. The number of benzene rings is 6. The SMILES string of the molecule is COc1ccc([S+](C)(C)=O)c2ccccc12.FC(F)(F)c1cc([B-](c2cc(C(F)(F)F)cc(C(F)(F)F)c2)(c2cc(C(F)(F)F)cc(C(F)(F)F)c2)c2cc(C(F)(F)F)cc(C(F)(F)F)c2)cc(C(F)(F)F)c1. The number of fused-ring (bicyclic) bond motifs is 1. The second kappa shape index (κ2) is 19.0. The predicted octanol–water partition coefficient (Wildman–Crippen LogP) is 14.2. The molecule has 28 heteroatoms. The van der Waals surface area contributed by atoms with Gasteiger partial charge in [0.25, 0.3) is 0 Å². The van der Waals surface area contributed by atoms with E-state index in [0.29, 0.717) is 0 Å². The van der Waals surface area contributed by atoms with Crippen molar-refractivity contribution in [3.63, 3.8) is 0 Å². The third kappa shape index (κ3) is 12.6. The standard InChI is InChI=1S/C32H12BF24.C13H15O2S/c34-25(35,36)13-1-14(26(37,38)39)6-21(5-13)33(22-7-15(27(40,41)42)2-16(8-22)28(43,44)45,23-9-17(29(46,47)48)3-18(10-23)30(49,50)51)24-11-19(31(52,53)54)4-20(12-24)32(55,56)57;1-15-12-8-9-13(16(2,3)14)11-7-5-4-6-10(11)12/h1-12H;4-9H,1-3H3/q-1;+1. The van der Waals surface area contributed by atoms with E-state index in [1.165, 1.54) is 0 Å². The Bertz CT molecular complexity index is 2620. The Labute approximate surface area is 395 Å². The first-order valence-electron chi connectivity index (χ1n) is 19.7. The summed E-state index contributed by atoms with van der Waals surface area (Å²) in [6.07, 6.45) is -51.3. The molecule has 0 amide bonds. The second-order valence-corrected chi connectivity index (χ2v) is 19.2. The molecule has 2 nitrogen and oxygen atoms in total. The second-order valence-electron chi connectivity index (χ2n) is 16.3. The van der Waals surface area contributed by atoms with Gasteiger partial charge in [0.1, 0.15) is 34.3 Å². The molecule has 0 radical (unpaired) electrons. The monoisotopic (exact) mass is 1100 g/mol. The number of hydrogen-bond acceptors (Lipinski definition) is 2. The molecule has 0 saturated carbocycles. The van der Waals surface area contributed by atoms with Gasteiger partial charge in [-0.15, -0.1) is 4.21 Å². The van der Waals surface area contributed by atoms with Gasteiger partial charge in [-0.3, -0.25) is 0 Å². The van der Waals surface area contributed by atoms with Gasteiger partial charge in [-0.05, 0) is 42.5 Å². The first kappa shape index (κ1) is 57.8. The van der Waals surface area contributed by atoms with Crippen molar-refractivity contribution in [2.75, 3.05) is 19.6 Å². The zero-order valence-corrected chi connectivity index (χ0v) is 37.1. The lowest BCUT2D eigenvalue weighted by molar-refractivity contribution is -0.144. The van der Waals surface area contributed by atoms with Gasteiger partial charge in [0.05, 0.1) is 51.6 Å². The van der Waals surface area contributed by atoms with Crippen molar-refractivity contribution in [1.29, 1.82) is 0 Å². The van der Waals surface area contributed by atoms with Gasteiger partial charge < -0.3 is 4.74 Å². The van der Waals surface area contributed by atoms with Gasteiger partial charge in [0, 0.05) is 10.8 Å². The zero-order valence-electron chi connectivity index (χ0n) is 36.3. The number of rotatable bonds is 6. The number of alkyl halides is 24. The topological polar surface area (TPSA) is 26.3 Å². The minimum Gasteiger partial charge on any atom is -0.496 e. The van der Waals surface area contributed by atoms with Crippen LogP contribution in [0.4, 0.5) is 105 Å². The van der Waals surface area contributed by atoms with E-state index < -0.39 is 205 Å². The van der Waals surface area contributed by atoms with Crippen molar-refractivity contribution in [3.8, 4) is 5.75 Å². The lowest BCUT2D eigenvalue weighted by atomic mass is 9.12. The summed E-state index contributed by atoms with van der Waals surface area (Å²) in [7, 11) is -0.311. The van der Waals surface area contributed by atoms with Crippen LogP contribution in [-0.2, 0) is 63.6 Å². The first-order chi connectivity index (χ1) is 32.8. The fourth-order valence-electron chi connectivity index (χ4n) is 7.92. The van der Waals surface area contributed by atoms with Crippen molar-refractivity contribution in [3.05, 3.63) is 154 Å². The summed E-state index contributed by atoms with van der Waals surface area (Å²) in [4.78, 5) is 0.893. The molecule has 0 aliphatic rings. The quantitative estimate of drug-likeness (QED) is 0.0944. The van der Waals surface area contributed by atoms with Crippen molar-refractivity contribution in [1.82, 2.24) is 0 Å². The number of ether oxygens (including phenoxy) is 1. The third-order valence-electron chi connectivity index (χ3n) is 11.0. The van der Waals surface area contributed by atoms with Crippen molar-refractivity contribution < 1.29 is 114 Å². The van der Waals surface area contributed by atoms with Gasteiger partial charge in [0.15, 0.2) is 4.90 Å². The molecule has 0 aromatic heterocycles. The molecule has 0 aliphatic carbocycles. The molecule has 0 aliphatic heterocycles. The van der Waals surface area contributed by atoms with E-state index in [2.05, 4.69) is 0 Å². The summed E-state index contributed by atoms with van der Waals surface area (Å²) in [5.41, 5.74) is -30.2. The van der Waals surface area contributed by atoms with Crippen LogP contribution in [0.25, 0.3) is 10.8 Å². The highest BCUT2D eigenvalue weighted by Gasteiger charge is 2.47. The molecular formula is C45H27BF24O2S. The molecule has 396 valence electrons. The molecule has 0 spiro atoms. The molecule has 0 saturated heterocycles. The van der Waals surface area contributed by atoms with Crippen LogP contribution in [0, 0.1) is 0 Å². The minimum absolute atomic E-state index is 0.691. The molecule has 73 heavy (non-hydrogen) atoms. The van der Waals surface area contributed by atoms with Crippen LogP contribution in [0.15, 0.2) is 114 Å². The highest BCUT2D eigenvalue weighted by Crippen LogP contribution is 2.42. The van der Waals surface area contributed by atoms with Crippen molar-refractivity contribution in [2.24, 2.45) is 0 Å². The van der Waals surface area contributed by atoms with Gasteiger partial charge >= 0.3 is 49.4 Å². The van der Waals surface area contributed by atoms with Crippen LogP contribution in [0.3, 0.4) is 0 Å². The Hall–Kier alpha value is -6.09. The number of methoxy groups -OCH3 is 1. The third-order valence-corrected chi connectivity index (χ3v) is 12.4. The van der Waals surface area contributed by atoms with Crippen LogP contribution in [0.2, 0.25) is 0 Å². The number of halogens is 24. The molecule has 6 aromatic rings.